The summed E-state index contributed by atoms with van der Waals surface area (Å²) in [7, 11) is 0. The van der Waals surface area contributed by atoms with Gasteiger partial charge in [-0.15, -0.1) is 12.4 Å². The lowest BCUT2D eigenvalue weighted by atomic mass is 9.68. The third-order valence-electron chi connectivity index (χ3n) is 3.95. The second-order valence-corrected chi connectivity index (χ2v) is 4.66. The summed E-state index contributed by atoms with van der Waals surface area (Å²) in [5.41, 5.74) is 8.82. The van der Waals surface area contributed by atoms with Gasteiger partial charge >= 0.3 is 0 Å². The van der Waals surface area contributed by atoms with Gasteiger partial charge in [-0.05, 0) is 36.3 Å². The Morgan fingerprint density at radius 2 is 2.07 bits per heavy atom. The lowest BCUT2D eigenvalue weighted by Crippen LogP contribution is -2.33. The lowest BCUT2D eigenvalue weighted by Gasteiger charge is -2.37. The fraction of sp³-hybridized carbons (Fsp3) is 1.00. The second-order valence-electron chi connectivity index (χ2n) is 4.66. The first-order valence-electron chi connectivity index (χ1n) is 5.59. The van der Waals surface area contributed by atoms with Crippen molar-refractivity contribution in [3.63, 3.8) is 0 Å². The zero-order chi connectivity index (χ0) is 9.86. The van der Waals surface area contributed by atoms with E-state index in [1.165, 1.54) is 32.1 Å². The summed E-state index contributed by atoms with van der Waals surface area (Å²) >= 11 is 0. The average Bonchev–Trinajstić information content (AvgIpc) is 2.59. The first kappa shape index (κ1) is 12.6. The number of rotatable bonds is 2. The van der Waals surface area contributed by atoms with Crippen molar-refractivity contribution in [1.82, 2.24) is 5.32 Å². The topological polar surface area (TPSA) is 60.8 Å². The Hall–Kier alpha value is -0.440. The minimum absolute atomic E-state index is 0. The Kier molecular flexibility index (Phi) is 4.71. The van der Waals surface area contributed by atoms with Crippen molar-refractivity contribution in [2.45, 2.75) is 32.1 Å². The lowest BCUT2D eigenvalue weighted by molar-refractivity contribution is 0.152. The van der Waals surface area contributed by atoms with E-state index in [1.807, 2.05) is 0 Å². The predicted octanol–water partition coefficient (Wildman–Crippen LogP) is 2.89. The van der Waals surface area contributed by atoms with Crippen LogP contribution in [0.25, 0.3) is 10.4 Å². The molecule has 1 aliphatic heterocycles. The van der Waals surface area contributed by atoms with Crippen LogP contribution < -0.4 is 5.32 Å². The molecular weight excluding hydrogens is 212 g/mol. The molecule has 1 N–H and O–H groups in total. The van der Waals surface area contributed by atoms with E-state index in [1.54, 1.807) is 0 Å². The average molecular weight is 231 g/mol. The van der Waals surface area contributed by atoms with Gasteiger partial charge in [0.05, 0.1) is 0 Å². The molecule has 0 aromatic rings. The van der Waals surface area contributed by atoms with Crippen LogP contribution in [0.15, 0.2) is 5.11 Å². The van der Waals surface area contributed by atoms with Crippen molar-refractivity contribution in [3.8, 4) is 0 Å². The molecule has 1 saturated heterocycles. The molecule has 1 spiro atoms. The summed E-state index contributed by atoms with van der Waals surface area (Å²) in [4.78, 5) is 2.87. The third kappa shape index (κ3) is 2.57. The van der Waals surface area contributed by atoms with Crippen molar-refractivity contribution in [2.75, 3.05) is 19.6 Å². The van der Waals surface area contributed by atoms with E-state index >= 15 is 0 Å². The molecule has 2 fully saturated rings. The SMILES string of the molecule is Cl.[N-]=[N+]=NCC1CNCC12CCCCC2. The van der Waals surface area contributed by atoms with E-state index in [0.717, 1.165) is 13.1 Å². The van der Waals surface area contributed by atoms with Crippen LogP contribution in [0.2, 0.25) is 0 Å². The van der Waals surface area contributed by atoms with Crippen LogP contribution in [0.3, 0.4) is 0 Å². The smallest absolute Gasteiger partial charge is 0.0304 e. The molecule has 5 heteroatoms. The maximum absolute atomic E-state index is 8.35. The van der Waals surface area contributed by atoms with Gasteiger partial charge < -0.3 is 5.32 Å². The number of nitrogens with one attached hydrogen (secondary N) is 1. The van der Waals surface area contributed by atoms with Gasteiger partial charge in [0.15, 0.2) is 0 Å². The molecule has 0 amide bonds. The molecule has 0 aromatic heterocycles. The summed E-state index contributed by atoms with van der Waals surface area (Å²) < 4.78 is 0. The van der Waals surface area contributed by atoms with Gasteiger partial charge in [0, 0.05) is 18.0 Å². The van der Waals surface area contributed by atoms with E-state index in [-0.39, 0.29) is 12.4 Å². The molecule has 2 rings (SSSR count). The fourth-order valence-electron chi connectivity index (χ4n) is 3.09. The summed E-state index contributed by atoms with van der Waals surface area (Å²) in [5.74, 6) is 0.582. The van der Waals surface area contributed by atoms with E-state index in [0.29, 0.717) is 17.9 Å². The standard InChI is InChI=1S/C10H18N4.ClH/c11-14-13-7-9-6-12-8-10(9)4-2-1-3-5-10;/h9,12H,1-8H2;1H. The molecule has 0 radical (unpaired) electrons. The molecule has 1 unspecified atom stereocenters. The number of hydrogen-bond acceptors (Lipinski definition) is 2. The largest absolute Gasteiger partial charge is 0.316 e. The Bertz CT molecular complexity index is 244. The molecule has 4 nitrogen and oxygen atoms in total. The van der Waals surface area contributed by atoms with Gasteiger partial charge in [-0.25, -0.2) is 0 Å². The maximum atomic E-state index is 8.35. The summed E-state index contributed by atoms with van der Waals surface area (Å²) in [6.45, 7) is 2.86. The molecule has 1 heterocycles. The van der Waals surface area contributed by atoms with Crippen molar-refractivity contribution in [1.29, 1.82) is 0 Å². The Labute approximate surface area is 96.8 Å². The Morgan fingerprint density at radius 3 is 2.73 bits per heavy atom. The fourth-order valence-corrected chi connectivity index (χ4v) is 3.09. The van der Waals surface area contributed by atoms with Crippen molar-refractivity contribution in [3.05, 3.63) is 10.4 Å². The predicted molar refractivity (Wildman–Crippen MR) is 63.1 cm³/mol. The molecule has 1 aliphatic carbocycles. The number of nitrogens with zero attached hydrogens (tertiary/aromatic N) is 3. The molecule has 86 valence electrons. The summed E-state index contributed by atoms with van der Waals surface area (Å²) in [6, 6.07) is 0. The van der Waals surface area contributed by atoms with Crippen LogP contribution in [-0.4, -0.2) is 19.6 Å². The number of hydrogen-bond donors (Lipinski definition) is 1. The van der Waals surface area contributed by atoms with Crippen LogP contribution in [0.5, 0.6) is 0 Å². The van der Waals surface area contributed by atoms with Crippen LogP contribution in [0.4, 0.5) is 0 Å². The highest BCUT2D eigenvalue weighted by atomic mass is 35.5. The highest BCUT2D eigenvalue weighted by Crippen LogP contribution is 2.44. The van der Waals surface area contributed by atoms with Crippen molar-refractivity contribution < 1.29 is 0 Å². The summed E-state index contributed by atoms with van der Waals surface area (Å²) in [6.07, 6.45) is 6.75. The zero-order valence-corrected chi connectivity index (χ0v) is 9.80. The van der Waals surface area contributed by atoms with Gasteiger partial charge in [-0.3, -0.25) is 0 Å². The van der Waals surface area contributed by atoms with Crippen LogP contribution in [0.1, 0.15) is 32.1 Å². The van der Waals surface area contributed by atoms with Crippen LogP contribution in [0, 0.1) is 11.3 Å². The van der Waals surface area contributed by atoms with Gasteiger partial charge in [0.25, 0.3) is 0 Å². The van der Waals surface area contributed by atoms with E-state index in [9.17, 15) is 0 Å². The van der Waals surface area contributed by atoms with Crippen molar-refractivity contribution in [2.24, 2.45) is 16.4 Å². The van der Waals surface area contributed by atoms with Crippen molar-refractivity contribution >= 4 is 12.4 Å². The normalized spacial score (nSPS) is 28.1. The second kappa shape index (κ2) is 5.59. The molecule has 1 saturated carbocycles. The maximum Gasteiger partial charge on any atom is 0.0304 e. The first-order chi connectivity index (χ1) is 6.87. The summed E-state index contributed by atoms with van der Waals surface area (Å²) in [5, 5.41) is 7.20. The van der Waals surface area contributed by atoms with Gasteiger partial charge in [-0.2, -0.15) is 0 Å². The van der Waals surface area contributed by atoms with Crippen LogP contribution >= 0.6 is 12.4 Å². The van der Waals surface area contributed by atoms with Crippen LogP contribution in [-0.2, 0) is 0 Å². The Balaban J connectivity index is 0.00000112. The van der Waals surface area contributed by atoms with Gasteiger partial charge in [-0.1, -0.05) is 24.4 Å². The first-order valence-corrected chi connectivity index (χ1v) is 5.59. The number of azide groups is 1. The minimum atomic E-state index is 0. The quantitative estimate of drug-likeness (QED) is 0.443. The molecule has 0 aromatic carbocycles. The van der Waals surface area contributed by atoms with E-state index in [4.69, 9.17) is 5.53 Å². The highest BCUT2D eigenvalue weighted by Gasteiger charge is 2.42. The van der Waals surface area contributed by atoms with Gasteiger partial charge in [0.1, 0.15) is 0 Å². The molecule has 1 atom stereocenters. The molecule has 15 heavy (non-hydrogen) atoms. The zero-order valence-electron chi connectivity index (χ0n) is 8.98. The molecular formula is C10H19ClN4. The van der Waals surface area contributed by atoms with Gasteiger partial charge in [0.2, 0.25) is 0 Å². The highest BCUT2D eigenvalue weighted by molar-refractivity contribution is 5.85. The monoisotopic (exact) mass is 230 g/mol. The third-order valence-corrected chi connectivity index (χ3v) is 3.95. The Morgan fingerprint density at radius 1 is 1.33 bits per heavy atom. The molecule has 2 aliphatic rings. The van der Waals surface area contributed by atoms with E-state index < -0.39 is 0 Å². The molecule has 0 bridgehead atoms. The minimum Gasteiger partial charge on any atom is -0.316 e. The number of halogens is 1. The van der Waals surface area contributed by atoms with E-state index in [2.05, 4.69) is 15.3 Å².